The van der Waals surface area contributed by atoms with Crippen LogP contribution in [0.5, 0.6) is 0 Å². The molecule has 0 spiro atoms. The van der Waals surface area contributed by atoms with E-state index in [2.05, 4.69) is 45.6 Å². The van der Waals surface area contributed by atoms with Gasteiger partial charge in [0.1, 0.15) is 0 Å². The summed E-state index contributed by atoms with van der Waals surface area (Å²) in [6, 6.07) is 2.06. The van der Waals surface area contributed by atoms with E-state index in [1.807, 2.05) is 0 Å². The molecule has 0 radical (unpaired) electrons. The molecule has 0 aromatic carbocycles. The highest BCUT2D eigenvalue weighted by atomic mass is 14.2. The fraction of sp³-hybridized carbons (Fsp3) is 0.500. The highest BCUT2D eigenvalue weighted by molar-refractivity contribution is 5.16. The Balaban J connectivity index is 3.76. The van der Waals surface area contributed by atoms with E-state index >= 15 is 0 Å². The Labute approximate surface area is 93.8 Å². The van der Waals surface area contributed by atoms with Crippen LogP contribution in [0.2, 0.25) is 0 Å². The van der Waals surface area contributed by atoms with Crippen molar-refractivity contribution in [2.45, 2.75) is 46.5 Å². The predicted octanol–water partition coefficient (Wildman–Crippen LogP) is 4.54. The third-order valence-corrected chi connectivity index (χ3v) is 2.19. The topological polar surface area (TPSA) is 23.8 Å². The minimum absolute atomic E-state index is 0.670. The van der Waals surface area contributed by atoms with Gasteiger partial charge in [0.2, 0.25) is 0 Å². The van der Waals surface area contributed by atoms with Crippen molar-refractivity contribution in [1.29, 1.82) is 5.26 Å². The van der Waals surface area contributed by atoms with Crippen molar-refractivity contribution in [3.63, 3.8) is 0 Å². The lowest BCUT2D eigenvalue weighted by Crippen LogP contribution is -1.80. The largest absolute Gasteiger partial charge is 0.193 e. The van der Waals surface area contributed by atoms with Gasteiger partial charge in [-0.15, -0.1) is 0 Å². The number of allylic oxidation sites excluding steroid dienone is 5. The van der Waals surface area contributed by atoms with Crippen molar-refractivity contribution in [3.8, 4) is 6.07 Å². The van der Waals surface area contributed by atoms with Gasteiger partial charge in [-0.1, -0.05) is 29.9 Å². The Hall–Kier alpha value is -1.29. The maximum atomic E-state index is 8.52. The fourth-order valence-electron chi connectivity index (χ4n) is 1.24. The monoisotopic (exact) mass is 203 g/mol. The van der Waals surface area contributed by atoms with E-state index in [9.17, 15) is 0 Å². The minimum atomic E-state index is 0.670. The molecule has 0 aliphatic heterocycles. The van der Waals surface area contributed by atoms with Crippen molar-refractivity contribution in [2.24, 2.45) is 0 Å². The zero-order chi connectivity index (χ0) is 11.7. The average molecular weight is 203 g/mol. The van der Waals surface area contributed by atoms with E-state index in [0.29, 0.717) is 5.57 Å². The molecule has 0 aromatic heterocycles. The molecule has 0 aliphatic carbocycles. The van der Waals surface area contributed by atoms with Gasteiger partial charge in [-0.25, -0.2) is 0 Å². The first-order chi connectivity index (χ1) is 7.06. The molecule has 0 bridgehead atoms. The highest BCUT2D eigenvalue weighted by Gasteiger charge is 1.91. The number of nitriles is 1. The minimum Gasteiger partial charge on any atom is -0.193 e. The van der Waals surface area contributed by atoms with E-state index in [-0.39, 0.29) is 0 Å². The zero-order valence-corrected chi connectivity index (χ0v) is 10.1. The van der Waals surface area contributed by atoms with Gasteiger partial charge in [0.25, 0.3) is 0 Å². The summed E-state index contributed by atoms with van der Waals surface area (Å²) in [6.45, 7) is 10.0. The summed E-state index contributed by atoms with van der Waals surface area (Å²) in [7, 11) is 0. The average Bonchev–Trinajstić information content (AvgIpc) is 2.17. The van der Waals surface area contributed by atoms with Gasteiger partial charge in [0.15, 0.2) is 0 Å². The third-order valence-electron chi connectivity index (χ3n) is 2.19. The first kappa shape index (κ1) is 13.7. The molecule has 0 fully saturated rings. The molecule has 0 N–H and O–H groups in total. The van der Waals surface area contributed by atoms with Crippen molar-refractivity contribution >= 4 is 0 Å². The summed E-state index contributed by atoms with van der Waals surface area (Å²) in [4.78, 5) is 0. The maximum Gasteiger partial charge on any atom is 0.0940 e. The van der Waals surface area contributed by atoms with Gasteiger partial charge >= 0.3 is 0 Å². The molecule has 0 rings (SSSR count). The second kappa shape index (κ2) is 8.05. The fourth-order valence-corrected chi connectivity index (χ4v) is 1.24. The van der Waals surface area contributed by atoms with Gasteiger partial charge in [-0.2, -0.15) is 5.26 Å². The molecule has 0 aliphatic rings. The van der Waals surface area contributed by atoms with Crippen molar-refractivity contribution < 1.29 is 0 Å². The molecule has 1 heteroatoms. The smallest absolute Gasteiger partial charge is 0.0940 e. The zero-order valence-electron chi connectivity index (χ0n) is 10.1. The first-order valence-electron chi connectivity index (χ1n) is 5.43. The summed E-state index contributed by atoms with van der Waals surface area (Å²) in [5, 5.41) is 8.52. The third kappa shape index (κ3) is 9.02. The van der Waals surface area contributed by atoms with E-state index in [4.69, 9.17) is 5.26 Å². The Bertz CT molecular complexity index is 296. The summed E-state index contributed by atoms with van der Waals surface area (Å²) in [5.41, 5.74) is 3.45. The van der Waals surface area contributed by atoms with Crippen LogP contribution < -0.4 is 0 Å². The first-order valence-corrected chi connectivity index (χ1v) is 5.43. The van der Waals surface area contributed by atoms with E-state index in [1.54, 1.807) is 0 Å². The number of rotatable bonds is 6. The van der Waals surface area contributed by atoms with Crippen LogP contribution in [0.25, 0.3) is 0 Å². The van der Waals surface area contributed by atoms with Crippen LogP contribution in [0.4, 0.5) is 0 Å². The van der Waals surface area contributed by atoms with Crippen LogP contribution in [-0.2, 0) is 0 Å². The van der Waals surface area contributed by atoms with Crippen LogP contribution in [-0.4, -0.2) is 0 Å². The lowest BCUT2D eigenvalue weighted by Gasteiger charge is -1.99. The SMILES string of the molecule is C=C(C#N)CC/C=C(\C)CCC=C(C)C. The van der Waals surface area contributed by atoms with Crippen LogP contribution in [0.1, 0.15) is 46.5 Å². The molecule has 0 unspecified atom stereocenters. The Kier molecular flexibility index (Phi) is 7.36. The summed E-state index contributed by atoms with van der Waals surface area (Å²) in [6.07, 6.45) is 8.42. The van der Waals surface area contributed by atoms with Gasteiger partial charge in [0, 0.05) is 5.57 Å². The van der Waals surface area contributed by atoms with Crippen molar-refractivity contribution in [3.05, 3.63) is 35.5 Å². The number of hydrogen-bond donors (Lipinski definition) is 0. The van der Waals surface area contributed by atoms with Crippen molar-refractivity contribution in [1.82, 2.24) is 0 Å². The summed E-state index contributed by atoms with van der Waals surface area (Å²) >= 11 is 0. The Morgan fingerprint density at radius 2 is 1.73 bits per heavy atom. The van der Waals surface area contributed by atoms with Crippen LogP contribution >= 0.6 is 0 Å². The van der Waals surface area contributed by atoms with Gasteiger partial charge in [0.05, 0.1) is 6.07 Å². The molecule has 15 heavy (non-hydrogen) atoms. The van der Waals surface area contributed by atoms with Crippen LogP contribution in [0, 0.1) is 11.3 Å². The number of nitrogens with zero attached hydrogens (tertiary/aromatic N) is 1. The lowest BCUT2D eigenvalue weighted by atomic mass is 10.1. The molecular weight excluding hydrogens is 182 g/mol. The molecule has 1 nitrogen and oxygen atoms in total. The lowest BCUT2D eigenvalue weighted by molar-refractivity contribution is 0.929. The molecule has 0 saturated carbocycles. The van der Waals surface area contributed by atoms with Gasteiger partial charge in [-0.05, 0) is 46.5 Å². The van der Waals surface area contributed by atoms with Crippen molar-refractivity contribution in [2.75, 3.05) is 0 Å². The van der Waals surface area contributed by atoms with Crippen LogP contribution in [0.15, 0.2) is 35.5 Å². The highest BCUT2D eigenvalue weighted by Crippen LogP contribution is 2.10. The molecule has 0 aromatic rings. The molecule has 0 amide bonds. The quantitative estimate of drug-likeness (QED) is 0.459. The standard InChI is InChI=1S/C14H21N/c1-12(2)7-5-8-13(3)9-6-10-14(4)11-15/h7,9H,4-6,8,10H2,1-3H3/b13-9+. The second-order valence-electron chi connectivity index (χ2n) is 4.12. The normalized spacial score (nSPS) is 10.7. The molecular formula is C14H21N. The van der Waals surface area contributed by atoms with Crippen LogP contribution in [0.3, 0.4) is 0 Å². The molecule has 0 atom stereocenters. The predicted molar refractivity (Wildman–Crippen MR) is 66.4 cm³/mol. The van der Waals surface area contributed by atoms with Gasteiger partial charge < -0.3 is 0 Å². The van der Waals surface area contributed by atoms with E-state index < -0.39 is 0 Å². The summed E-state index contributed by atoms with van der Waals surface area (Å²) in [5.74, 6) is 0. The van der Waals surface area contributed by atoms with Gasteiger partial charge in [-0.3, -0.25) is 0 Å². The van der Waals surface area contributed by atoms with E-state index in [1.165, 1.54) is 11.1 Å². The summed E-state index contributed by atoms with van der Waals surface area (Å²) < 4.78 is 0. The second-order valence-corrected chi connectivity index (χ2v) is 4.12. The maximum absolute atomic E-state index is 8.52. The molecule has 82 valence electrons. The molecule has 0 saturated heterocycles. The molecule has 0 heterocycles. The Morgan fingerprint density at radius 3 is 2.27 bits per heavy atom. The number of hydrogen-bond acceptors (Lipinski definition) is 1. The van der Waals surface area contributed by atoms with E-state index in [0.717, 1.165) is 25.7 Å². The Morgan fingerprint density at radius 1 is 1.13 bits per heavy atom.